The fourth-order valence-corrected chi connectivity index (χ4v) is 4.56. The highest BCUT2D eigenvalue weighted by Crippen LogP contribution is 2.29. The number of nitrogens with two attached hydrogens (primary N) is 1. The molecular formula is C23H32N4O3S. The van der Waals surface area contributed by atoms with Gasteiger partial charge < -0.3 is 21.1 Å². The topological polar surface area (TPSA) is 109 Å². The summed E-state index contributed by atoms with van der Waals surface area (Å²) in [5.41, 5.74) is 10.6. The zero-order chi connectivity index (χ0) is 22.9. The van der Waals surface area contributed by atoms with Crippen molar-refractivity contribution in [3.8, 4) is 10.4 Å². The van der Waals surface area contributed by atoms with Crippen molar-refractivity contribution >= 4 is 23.2 Å². The first-order valence-electron chi connectivity index (χ1n) is 10.5. The summed E-state index contributed by atoms with van der Waals surface area (Å²) in [7, 11) is 0. The number of rotatable bonds is 5. The molecular weight excluding hydrogens is 412 g/mol. The molecule has 8 heteroatoms. The van der Waals surface area contributed by atoms with Crippen molar-refractivity contribution in [2.45, 2.75) is 65.3 Å². The van der Waals surface area contributed by atoms with Gasteiger partial charge in [-0.15, -0.1) is 11.3 Å². The molecule has 4 atom stereocenters. The van der Waals surface area contributed by atoms with Crippen LogP contribution in [0.3, 0.4) is 0 Å². The highest BCUT2D eigenvalue weighted by Gasteiger charge is 2.42. The van der Waals surface area contributed by atoms with Crippen LogP contribution in [0.4, 0.5) is 0 Å². The Morgan fingerprint density at radius 3 is 2.48 bits per heavy atom. The number of aliphatic hydroxyl groups excluding tert-OH is 1. The first-order chi connectivity index (χ1) is 14.5. The van der Waals surface area contributed by atoms with E-state index in [1.54, 1.807) is 11.3 Å². The minimum atomic E-state index is -0.742. The number of aromatic nitrogens is 1. The van der Waals surface area contributed by atoms with Crippen LogP contribution in [-0.4, -0.2) is 51.5 Å². The maximum absolute atomic E-state index is 13.0. The Hall–Kier alpha value is -2.29. The zero-order valence-corrected chi connectivity index (χ0v) is 19.6. The lowest BCUT2D eigenvalue weighted by Gasteiger charge is -2.32. The number of nitrogens with one attached hydrogen (secondary N) is 1. The minimum absolute atomic E-state index is 0.123. The van der Waals surface area contributed by atoms with Gasteiger partial charge in [0.2, 0.25) is 11.8 Å². The Balaban J connectivity index is 1.69. The lowest BCUT2D eigenvalue weighted by molar-refractivity contribution is -0.141. The lowest BCUT2D eigenvalue weighted by Crippen LogP contribution is -2.55. The lowest BCUT2D eigenvalue weighted by atomic mass is 9.86. The highest BCUT2D eigenvalue weighted by molar-refractivity contribution is 7.13. The van der Waals surface area contributed by atoms with E-state index >= 15 is 0 Å². The van der Waals surface area contributed by atoms with E-state index in [-0.39, 0.29) is 30.8 Å². The molecule has 1 aromatic carbocycles. The number of hydrogen-bond acceptors (Lipinski definition) is 6. The molecule has 7 nitrogen and oxygen atoms in total. The highest BCUT2D eigenvalue weighted by atomic mass is 32.1. The van der Waals surface area contributed by atoms with Gasteiger partial charge in [-0.1, -0.05) is 45.0 Å². The van der Waals surface area contributed by atoms with E-state index in [0.29, 0.717) is 0 Å². The van der Waals surface area contributed by atoms with Crippen LogP contribution in [-0.2, 0) is 9.59 Å². The summed E-state index contributed by atoms with van der Waals surface area (Å²) in [6.07, 6.45) is -0.519. The number of amides is 2. The summed E-state index contributed by atoms with van der Waals surface area (Å²) in [4.78, 5) is 32.7. The number of carbonyl (C=O) groups excluding carboxylic acids is 2. The molecule has 1 saturated heterocycles. The van der Waals surface area contributed by atoms with E-state index < -0.39 is 23.6 Å². The smallest absolute Gasteiger partial charge is 0.243 e. The van der Waals surface area contributed by atoms with Gasteiger partial charge in [0, 0.05) is 13.0 Å². The second kappa shape index (κ2) is 9.06. The molecule has 31 heavy (non-hydrogen) atoms. The third kappa shape index (κ3) is 5.14. The molecule has 2 amide bonds. The van der Waals surface area contributed by atoms with Crippen molar-refractivity contribution in [2.24, 2.45) is 11.1 Å². The second-order valence-electron chi connectivity index (χ2n) is 9.36. The van der Waals surface area contributed by atoms with Gasteiger partial charge in [0.25, 0.3) is 0 Å². The summed E-state index contributed by atoms with van der Waals surface area (Å²) in [5, 5.41) is 13.1. The molecule has 0 aliphatic carbocycles. The van der Waals surface area contributed by atoms with E-state index in [4.69, 9.17) is 5.73 Å². The van der Waals surface area contributed by atoms with Gasteiger partial charge in [-0.05, 0) is 30.4 Å². The van der Waals surface area contributed by atoms with Crippen LogP contribution < -0.4 is 11.1 Å². The van der Waals surface area contributed by atoms with Crippen LogP contribution in [0, 0.1) is 12.3 Å². The number of hydrogen-bond donors (Lipinski definition) is 3. The van der Waals surface area contributed by atoms with Crippen LogP contribution in [0.15, 0.2) is 29.8 Å². The quantitative estimate of drug-likeness (QED) is 0.657. The number of thiazole rings is 1. The second-order valence-corrected chi connectivity index (χ2v) is 10.2. The van der Waals surface area contributed by atoms with Gasteiger partial charge in [-0.3, -0.25) is 9.59 Å². The molecule has 1 fully saturated rings. The standard InChI is InChI=1S/C23H32N4O3S/c1-13(15-6-8-16(9-7-15)19-14(2)25-12-31-19)26-21(29)18-10-17(28)11-27(18)22(30)20(24)23(3,4)5/h6-9,12-13,17-18,20,28H,10-11,24H2,1-5H3,(H,26,29)/t13?,17?,18?,20-/m1/s1. The van der Waals surface area contributed by atoms with Crippen LogP contribution in [0.5, 0.6) is 0 Å². The molecule has 0 bridgehead atoms. The number of benzene rings is 1. The van der Waals surface area contributed by atoms with Crippen LogP contribution in [0.25, 0.3) is 10.4 Å². The number of aliphatic hydroxyl groups is 1. The van der Waals surface area contributed by atoms with Gasteiger partial charge in [0.1, 0.15) is 6.04 Å². The van der Waals surface area contributed by atoms with Crippen molar-refractivity contribution in [2.75, 3.05) is 6.54 Å². The van der Waals surface area contributed by atoms with Crippen molar-refractivity contribution < 1.29 is 14.7 Å². The van der Waals surface area contributed by atoms with Gasteiger partial charge >= 0.3 is 0 Å². The van der Waals surface area contributed by atoms with Crippen LogP contribution >= 0.6 is 11.3 Å². The average molecular weight is 445 g/mol. The molecule has 3 rings (SSSR count). The fraction of sp³-hybridized carbons (Fsp3) is 0.522. The largest absolute Gasteiger partial charge is 0.391 e. The zero-order valence-electron chi connectivity index (χ0n) is 18.8. The molecule has 0 radical (unpaired) electrons. The van der Waals surface area contributed by atoms with E-state index in [9.17, 15) is 14.7 Å². The minimum Gasteiger partial charge on any atom is -0.391 e. The SMILES string of the molecule is Cc1ncsc1-c1ccc(C(C)NC(=O)C2CC(O)CN2C(=O)[C@@H](N)C(C)(C)C)cc1. The molecule has 4 N–H and O–H groups in total. The van der Waals surface area contributed by atoms with Gasteiger partial charge in [-0.2, -0.15) is 0 Å². The summed E-state index contributed by atoms with van der Waals surface area (Å²) in [6, 6.07) is 6.32. The van der Waals surface area contributed by atoms with Crippen molar-refractivity contribution in [3.05, 3.63) is 41.0 Å². The van der Waals surface area contributed by atoms with Crippen molar-refractivity contribution in [1.29, 1.82) is 0 Å². The Morgan fingerprint density at radius 1 is 1.29 bits per heavy atom. The van der Waals surface area contributed by atoms with Crippen LogP contribution in [0.2, 0.25) is 0 Å². The predicted octanol–water partition coefficient (Wildman–Crippen LogP) is 2.63. The summed E-state index contributed by atoms with van der Waals surface area (Å²) in [5.74, 6) is -0.581. The first kappa shape index (κ1) is 23.4. The van der Waals surface area contributed by atoms with Gasteiger partial charge in [0.15, 0.2) is 0 Å². The predicted molar refractivity (Wildman–Crippen MR) is 122 cm³/mol. The Labute approximate surface area is 187 Å². The van der Waals surface area contributed by atoms with E-state index in [1.807, 2.05) is 64.4 Å². The molecule has 1 aromatic heterocycles. The average Bonchev–Trinajstić information content (AvgIpc) is 3.31. The van der Waals surface area contributed by atoms with Crippen molar-refractivity contribution in [3.63, 3.8) is 0 Å². The van der Waals surface area contributed by atoms with Crippen LogP contribution in [0.1, 0.15) is 51.4 Å². The molecule has 2 aromatic rings. The molecule has 0 spiro atoms. The maximum Gasteiger partial charge on any atom is 0.243 e. The van der Waals surface area contributed by atoms with E-state index in [0.717, 1.165) is 21.7 Å². The summed E-state index contributed by atoms with van der Waals surface area (Å²) >= 11 is 1.60. The molecule has 0 saturated carbocycles. The first-order valence-corrected chi connectivity index (χ1v) is 11.4. The number of nitrogens with zero attached hydrogens (tertiary/aromatic N) is 2. The normalized spacial score (nSPS) is 21.1. The van der Waals surface area contributed by atoms with Gasteiger partial charge in [0.05, 0.1) is 34.3 Å². The van der Waals surface area contributed by atoms with E-state index in [1.165, 1.54) is 4.90 Å². The monoisotopic (exact) mass is 444 g/mol. The third-order valence-corrected chi connectivity index (χ3v) is 6.82. The Morgan fingerprint density at radius 2 is 1.94 bits per heavy atom. The number of β-amino-alcohol motifs (C(OH)–C–C–N with tert-alkyl or cyclic N) is 1. The van der Waals surface area contributed by atoms with E-state index in [2.05, 4.69) is 10.3 Å². The molecule has 1 aliphatic rings. The molecule has 168 valence electrons. The number of carbonyl (C=O) groups is 2. The molecule has 3 unspecified atom stereocenters. The summed E-state index contributed by atoms with van der Waals surface area (Å²) < 4.78 is 0. The Bertz CT molecular complexity index is 935. The number of likely N-dealkylation sites (tertiary alicyclic amines) is 1. The van der Waals surface area contributed by atoms with Gasteiger partial charge in [-0.25, -0.2) is 4.98 Å². The fourth-order valence-electron chi connectivity index (χ4n) is 3.75. The van der Waals surface area contributed by atoms with Crippen molar-refractivity contribution in [1.82, 2.24) is 15.2 Å². The maximum atomic E-state index is 13.0. The molecule has 1 aliphatic heterocycles. The third-order valence-electron chi connectivity index (χ3n) is 5.84. The Kier molecular flexibility index (Phi) is 6.83. The molecule has 2 heterocycles. The number of aryl methyl sites for hydroxylation is 1. The summed E-state index contributed by atoms with van der Waals surface area (Å²) in [6.45, 7) is 9.67.